The molecule has 28 heavy (non-hydrogen) atoms. The molecule has 2 aromatic rings. The highest BCUT2D eigenvalue weighted by molar-refractivity contribution is 7.99. The average Bonchev–Trinajstić information content (AvgIpc) is 3.58. The lowest BCUT2D eigenvalue weighted by molar-refractivity contribution is -0.116. The molecule has 6 nitrogen and oxygen atoms in total. The first-order chi connectivity index (χ1) is 13.5. The fourth-order valence-electron chi connectivity index (χ4n) is 3.22. The number of hydrogen-bond donors (Lipinski definition) is 1. The zero-order valence-corrected chi connectivity index (χ0v) is 17.2. The summed E-state index contributed by atoms with van der Waals surface area (Å²) in [5, 5.41) is 12.5. The van der Waals surface area contributed by atoms with E-state index in [1.54, 1.807) is 24.3 Å². The first-order valence-electron chi connectivity index (χ1n) is 10.0. The lowest BCUT2D eigenvalue weighted by atomic mass is 10.1. The van der Waals surface area contributed by atoms with Crippen LogP contribution < -0.4 is 5.32 Å². The molecule has 1 heterocycles. The quantitative estimate of drug-likeness (QED) is 0.499. The number of aromatic nitrogens is 3. The molecular formula is C21H26N4O2S. The molecule has 0 aliphatic heterocycles. The van der Waals surface area contributed by atoms with Gasteiger partial charge in [0.25, 0.3) is 0 Å². The second-order valence-electron chi connectivity index (χ2n) is 8.15. The lowest BCUT2D eigenvalue weighted by Gasteiger charge is -2.09. The molecule has 1 amide bonds. The SMILES string of the molecule is CC(C)CC(=O)Nc1ccc(C(=O)CSc2nnc(C3CC3)n2C2CC2)cc1. The second kappa shape index (κ2) is 8.07. The molecule has 0 spiro atoms. The Kier molecular flexibility index (Phi) is 5.53. The second-order valence-corrected chi connectivity index (χ2v) is 9.09. The number of ketones is 1. The molecule has 0 bridgehead atoms. The molecular weight excluding hydrogens is 372 g/mol. The normalized spacial score (nSPS) is 16.4. The maximum Gasteiger partial charge on any atom is 0.224 e. The molecule has 1 aromatic heterocycles. The van der Waals surface area contributed by atoms with Crippen LogP contribution in [-0.4, -0.2) is 32.2 Å². The number of nitrogens with zero attached hydrogens (tertiary/aromatic N) is 3. The van der Waals surface area contributed by atoms with Crippen LogP contribution >= 0.6 is 11.8 Å². The monoisotopic (exact) mass is 398 g/mol. The van der Waals surface area contributed by atoms with Gasteiger partial charge in [0.05, 0.1) is 5.75 Å². The van der Waals surface area contributed by atoms with Crippen LogP contribution in [0.5, 0.6) is 0 Å². The Morgan fingerprint density at radius 3 is 2.46 bits per heavy atom. The predicted octanol–water partition coefficient (Wildman–Crippen LogP) is 4.45. The van der Waals surface area contributed by atoms with Gasteiger partial charge in [-0.3, -0.25) is 9.59 Å². The Hall–Kier alpha value is -2.15. The van der Waals surface area contributed by atoms with Crippen LogP contribution in [0.2, 0.25) is 0 Å². The maximum absolute atomic E-state index is 12.6. The number of Topliss-reactive ketones (excluding diaryl/α,β-unsaturated/α-hetero) is 1. The van der Waals surface area contributed by atoms with Crippen molar-refractivity contribution >= 4 is 29.1 Å². The van der Waals surface area contributed by atoms with E-state index < -0.39 is 0 Å². The van der Waals surface area contributed by atoms with Gasteiger partial charge < -0.3 is 9.88 Å². The van der Waals surface area contributed by atoms with Crippen molar-refractivity contribution in [2.45, 2.75) is 63.1 Å². The number of benzene rings is 1. The highest BCUT2D eigenvalue weighted by atomic mass is 32.2. The van der Waals surface area contributed by atoms with Crippen molar-refractivity contribution in [2.75, 3.05) is 11.1 Å². The third kappa shape index (κ3) is 4.63. The summed E-state index contributed by atoms with van der Waals surface area (Å²) in [6.07, 6.45) is 5.26. The summed E-state index contributed by atoms with van der Waals surface area (Å²) < 4.78 is 2.27. The van der Waals surface area contributed by atoms with E-state index in [1.165, 1.54) is 37.4 Å². The van der Waals surface area contributed by atoms with Gasteiger partial charge in [-0.05, 0) is 55.9 Å². The highest BCUT2D eigenvalue weighted by Gasteiger charge is 2.36. The molecule has 148 valence electrons. The van der Waals surface area contributed by atoms with Gasteiger partial charge in [-0.15, -0.1) is 10.2 Å². The maximum atomic E-state index is 12.6. The van der Waals surface area contributed by atoms with E-state index in [0.29, 0.717) is 35.6 Å². The van der Waals surface area contributed by atoms with Gasteiger partial charge in [-0.2, -0.15) is 0 Å². The molecule has 2 aliphatic rings. The van der Waals surface area contributed by atoms with Crippen LogP contribution in [0.3, 0.4) is 0 Å². The molecule has 2 aliphatic carbocycles. The summed E-state index contributed by atoms with van der Waals surface area (Å²) in [6.45, 7) is 4.02. The molecule has 0 unspecified atom stereocenters. The minimum atomic E-state index is -0.00416. The van der Waals surface area contributed by atoms with Gasteiger partial charge in [0.15, 0.2) is 10.9 Å². The molecule has 2 fully saturated rings. The zero-order chi connectivity index (χ0) is 19.7. The molecule has 1 N–H and O–H groups in total. The summed E-state index contributed by atoms with van der Waals surface area (Å²) in [7, 11) is 0. The summed E-state index contributed by atoms with van der Waals surface area (Å²) in [5.41, 5.74) is 1.37. The Morgan fingerprint density at radius 2 is 1.86 bits per heavy atom. The molecule has 0 radical (unpaired) electrons. The van der Waals surface area contributed by atoms with Crippen molar-refractivity contribution in [3.05, 3.63) is 35.7 Å². The van der Waals surface area contributed by atoms with Crippen molar-refractivity contribution in [3.8, 4) is 0 Å². The first-order valence-corrected chi connectivity index (χ1v) is 11.0. The molecule has 0 saturated heterocycles. The van der Waals surface area contributed by atoms with Gasteiger partial charge in [-0.1, -0.05) is 25.6 Å². The van der Waals surface area contributed by atoms with Crippen LogP contribution in [-0.2, 0) is 4.79 Å². The van der Waals surface area contributed by atoms with E-state index in [1.807, 2.05) is 13.8 Å². The average molecular weight is 399 g/mol. The minimum Gasteiger partial charge on any atom is -0.326 e. The van der Waals surface area contributed by atoms with Crippen LogP contribution in [0.15, 0.2) is 29.4 Å². The summed E-state index contributed by atoms with van der Waals surface area (Å²) in [5.74, 6) is 2.39. The van der Waals surface area contributed by atoms with Crippen LogP contribution in [0.1, 0.15) is 74.1 Å². The summed E-state index contributed by atoms with van der Waals surface area (Å²) in [4.78, 5) is 24.4. The zero-order valence-electron chi connectivity index (χ0n) is 16.4. The Bertz CT molecular complexity index is 867. The fraction of sp³-hybridized carbons (Fsp3) is 0.524. The van der Waals surface area contributed by atoms with Gasteiger partial charge in [-0.25, -0.2) is 0 Å². The number of carbonyl (C=O) groups is 2. The van der Waals surface area contributed by atoms with Crippen LogP contribution in [0.25, 0.3) is 0 Å². The Balaban J connectivity index is 1.35. The van der Waals surface area contributed by atoms with Crippen molar-refractivity contribution in [1.29, 1.82) is 0 Å². The van der Waals surface area contributed by atoms with Gasteiger partial charge in [0, 0.05) is 29.6 Å². The van der Waals surface area contributed by atoms with Crippen LogP contribution in [0.4, 0.5) is 5.69 Å². The number of thioether (sulfide) groups is 1. The number of hydrogen-bond acceptors (Lipinski definition) is 5. The van der Waals surface area contributed by atoms with Crippen LogP contribution in [0, 0.1) is 5.92 Å². The lowest BCUT2D eigenvalue weighted by Crippen LogP contribution is -2.14. The van der Waals surface area contributed by atoms with E-state index in [0.717, 1.165) is 16.7 Å². The van der Waals surface area contributed by atoms with Gasteiger partial charge >= 0.3 is 0 Å². The summed E-state index contributed by atoms with van der Waals surface area (Å²) in [6, 6.07) is 7.64. The van der Waals surface area contributed by atoms with Crippen molar-refractivity contribution in [3.63, 3.8) is 0 Å². The summed E-state index contributed by atoms with van der Waals surface area (Å²) >= 11 is 1.48. The smallest absolute Gasteiger partial charge is 0.224 e. The fourth-order valence-corrected chi connectivity index (χ4v) is 4.13. The van der Waals surface area contributed by atoms with E-state index in [4.69, 9.17) is 0 Å². The standard InChI is InChI=1S/C21H26N4O2S/c1-13(2)11-19(27)22-16-7-5-14(6-8-16)18(26)12-28-21-24-23-20(15-3-4-15)25(21)17-9-10-17/h5-8,13,15,17H,3-4,9-12H2,1-2H3,(H,22,27). The molecule has 4 rings (SSSR count). The minimum absolute atomic E-state index is 0.00416. The first kappa shape index (κ1) is 19.2. The van der Waals surface area contributed by atoms with Crippen molar-refractivity contribution < 1.29 is 9.59 Å². The highest BCUT2D eigenvalue weighted by Crippen LogP contribution is 2.46. The van der Waals surface area contributed by atoms with Gasteiger partial charge in [0.2, 0.25) is 5.91 Å². The largest absolute Gasteiger partial charge is 0.326 e. The topological polar surface area (TPSA) is 76.9 Å². The predicted molar refractivity (Wildman–Crippen MR) is 110 cm³/mol. The third-order valence-electron chi connectivity index (χ3n) is 4.96. The molecule has 7 heteroatoms. The number of anilines is 1. The van der Waals surface area contributed by atoms with E-state index in [-0.39, 0.29) is 11.7 Å². The number of nitrogens with one attached hydrogen (secondary N) is 1. The van der Waals surface area contributed by atoms with E-state index >= 15 is 0 Å². The van der Waals surface area contributed by atoms with Gasteiger partial charge in [0.1, 0.15) is 5.82 Å². The van der Waals surface area contributed by atoms with Crippen molar-refractivity contribution in [2.24, 2.45) is 5.92 Å². The Labute approximate surface area is 169 Å². The van der Waals surface area contributed by atoms with Crippen molar-refractivity contribution in [1.82, 2.24) is 14.8 Å². The molecule has 2 saturated carbocycles. The molecule has 1 aromatic carbocycles. The van der Waals surface area contributed by atoms with E-state index in [2.05, 4.69) is 20.1 Å². The number of amides is 1. The third-order valence-corrected chi connectivity index (χ3v) is 5.91. The number of carbonyl (C=O) groups excluding carboxylic acids is 2. The van der Waals surface area contributed by atoms with E-state index in [9.17, 15) is 9.59 Å². The Morgan fingerprint density at radius 1 is 1.14 bits per heavy atom. The number of rotatable bonds is 9. The molecule has 0 atom stereocenters.